The van der Waals surface area contributed by atoms with Crippen molar-refractivity contribution >= 4 is 0 Å². The van der Waals surface area contributed by atoms with E-state index in [4.69, 9.17) is 4.74 Å². The van der Waals surface area contributed by atoms with Gasteiger partial charge >= 0.3 is 0 Å². The highest BCUT2D eigenvalue weighted by Gasteiger charge is 2.40. The van der Waals surface area contributed by atoms with Crippen LogP contribution in [0.3, 0.4) is 0 Å². The zero-order valence-corrected chi connectivity index (χ0v) is 10.9. The molecule has 0 amide bonds. The smallest absolute Gasteiger partial charge is 0.0639 e. The lowest BCUT2D eigenvalue weighted by Gasteiger charge is -2.32. The van der Waals surface area contributed by atoms with Crippen LogP contribution >= 0.6 is 0 Å². The van der Waals surface area contributed by atoms with Crippen molar-refractivity contribution < 1.29 is 4.74 Å². The van der Waals surface area contributed by atoms with E-state index in [1.165, 1.54) is 5.56 Å². The first-order valence-electron chi connectivity index (χ1n) is 6.74. The molecule has 0 unspecified atom stereocenters. The van der Waals surface area contributed by atoms with Gasteiger partial charge in [0.2, 0.25) is 0 Å². The SMILES string of the molecule is CO[C@@H]1CCN[C@@H]2CN(Cc3cccnc3)C[C@@H]21. The molecule has 2 aliphatic heterocycles. The van der Waals surface area contributed by atoms with Crippen molar-refractivity contribution in [3.8, 4) is 0 Å². The number of hydrogen-bond donors (Lipinski definition) is 1. The zero-order valence-electron chi connectivity index (χ0n) is 10.9. The van der Waals surface area contributed by atoms with E-state index in [2.05, 4.69) is 21.3 Å². The summed E-state index contributed by atoms with van der Waals surface area (Å²) in [5, 5.41) is 3.62. The Balaban J connectivity index is 1.64. The van der Waals surface area contributed by atoms with Crippen LogP contribution in [-0.2, 0) is 11.3 Å². The summed E-state index contributed by atoms with van der Waals surface area (Å²) >= 11 is 0. The van der Waals surface area contributed by atoms with Crippen molar-refractivity contribution in [2.45, 2.75) is 25.1 Å². The predicted molar refractivity (Wildman–Crippen MR) is 70.2 cm³/mol. The Bertz CT molecular complexity index is 384. The normalized spacial score (nSPS) is 32.4. The first-order valence-corrected chi connectivity index (χ1v) is 6.74. The van der Waals surface area contributed by atoms with Gasteiger partial charge in [-0.15, -0.1) is 0 Å². The molecule has 2 aliphatic rings. The standard InChI is InChI=1S/C14H21N3O/c1-18-14-4-6-16-13-10-17(9-12(13)14)8-11-3-2-5-15-7-11/h2-3,5,7,12-14,16H,4,6,8-10H2,1H3/t12-,13+,14+/m0/s1. The zero-order chi connectivity index (χ0) is 12.4. The molecule has 2 fully saturated rings. The Kier molecular flexibility index (Phi) is 3.59. The van der Waals surface area contributed by atoms with Crippen LogP contribution in [0.25, 0.3) is 0 Å². The van der Waals surface area contributed by atoms with Crippen LogP contribution < -0.4 is 5.32 Å². The molecule has 4 nitrogen and oxygen atoms in total. The van der Waals surface area contributed by atoms with Gasteiger partial charge in [-0.1, -0.05) is 6.07 Å². The third-order valence-corrected chi connectivity index (χ3v) is 4.19. The number of pyridine rings is 1. The average Bonchev–Trinajstić information content (AvgIpc) is 2.82. The molecule has 18 heavy (non-hydrogen) atoms. The third kappa shape index (κ3) is 2.41. The Labute approximate surface area is 108 Å². The Morgan fingerprint density at radius 3 is 3.22 bits per heavy atom. The second-order valence-corrected chi connectivity index (χ2v) is 5.34. The summed E-state index contributed by atoms with van der Waals surface area (Å²) in [7, 11) is 1.84. The molecule has 0 aromatic carbocycles. The molecular formula is C14H21N3O. The fraction of sp³-hybridized carbons (Fsp3) is 0.643. The number of piperidine rings is 1. The highest BCUT2D eigenvalue weighted by Crippen LogP contribution is 2.28. The maximum absolute atomic E-state index is 5.62. The van der Waals surface area contributed by atoms with Gasteiger partial charge in [-0.25, -0.2) is 0 Å². The van der Waals surface area contributed by atoms with Crippen LogP contribution in [-0.4, -0.2) is 48.8 Å². The van der Waals surface area contributed by atoms with E-state index in [9.17, 15) is 0 Å². The van der Waals surface area contributed by atoms with E-state index in [-0.39, 0.29) is 0 Å². The van der Waals surface area contributed by atoms with Crippen molar-refractivity contribution in [1.29, 1.82) is 0 Å². The Hall–Kier alpha value is -0.970. The quantitative estimate of drug-likeness (QED) is 0.861. The van der Waals surface area contributed by atoms with E-state index < -0.39 is 0 Å². The number of aromatic nitrogens is 1. The summed E-state index contributed by atoms with van der Waals surface area (Å²) in [6.07, 6.45) is 5.35. The molecule has 2 saturated heterocycles. The second-order valence-electron chi connectivity index (χ2n) is 5.34. The summed E-state index contributed by atoms with van der Waals surface area (Å²) in [4.78, 5) is 6.69. The number of methoxy groups -OCH3 is 1. The number of hydrogen-bond acceptors (Lipinski definition) is 4. The van der Waals surface area contributed by atoms with Gasteiger partial charge in [-0.2, -0.15) is 0 Å². The van der Waals surface area contributed by atoms with Gasteiger partial charge in [-0.05, 0) is 24.6 Å². The lowest BCUT2D eigenvalue weighted by molar-refractivity contribution is 0.0241. The van der Waals surface area contributed by atoms with E-state index in [0.29, 0.717) is 18.1 Å². The van der Waals surface area contributed by atoms with Crippen LogP contribution in [0.5, 0.6) is 0 Å². The summed E-state index contributed by atoms with van der Waals surface area (Å²) < 4.78 is 5.62. The molecule has 3 heterocycles. The van der Waals surface area contributed by atoms with Gasteiger partial charge in [0.15, 0.2) is 0 Å². The molecule has 0 radical (unpaired) electrons. The van der Waals surface area contributed by atoms with Crippen LogP contribution in [0, 0.1) is 5.92 Å². The summed E-state index contributed by atoms with van der Waals surface area (Å²) in [5.74, 6) is 0.639. The number of ether oxygens (including phenoxy) is 1. The van der Waals surface area contributed by atoms with E-state index in [1.807, 2.05) is 25.6 Å². The van der Waals surface area contributed by atoms with Gasteiger partial charge in [0.05, 0.1) is 6.10 Å². The third-order valence-electron chi connectivity index (χ3n) is 4.19. The minimum Gasteiger partial charge on any atom is -0.381 e. The number of likely N-dealkylation sites (tertiary alicyclic amines) is 1. The van der Waals surface area contributed by atoms with Crippen LogP contribution in [0.4, 0.5) is 0 Å². The van der Waals surface area contributed by atoms with Crippen molar-refractivity contribution in [3.05, 3.63) is 30.1 Å². The van der Waals surface area contributed by atoms with Crippen molar-refractivity contribution in [1.82, 2.24) is 15.2 Å². The number of rotatable bonds is 3. The summed E-state index contributed by atoms with van der Waals surface area (Å²) in [5.41, 5.74) is 1.30. The Morgan fingerprint density at radius 2 is 2.44 bits per heavy atom. The van der Waals surface area contributed by atoms with Gasteiger partial charge in [-0.3, -0.25) is 9.88 Å². The van der Waals surface area contributed by atoms with Gasteiger partial charge < -0.3 is 10.1 Å². The molecule has 1 aromatic rings. The van der Waals surface area contributed by atoms with E-state index in [0.717, 1.165) is 32.6 Å². The maximum Gasteiger partial charge on any atom is 0.0639 e. The first-order chi connectivity index (χ1) is 8.86. The van der Waals surface area contributed by atoms with Gasteiger partial charge in [0.1, 0.15) is 0 Å². The highest BCUT2D eigenvalue weighted by atomic mass is 16.5. The molecule has 4 heteroatoms. The molecule has 0 bridgehead atoms. The lowest BCUT2D eigenvalue weighted by atomic mass is 9.91. The number of nitrogens with zero attached hydrogens (tertiary/aromatic N) is 2. The minimum absolute atomic E-state index is 0.426. The fourth-order valence-corrected chi connectivity index (χ4v) is 3.30. The monoisotopic (exact) mass is 247 g/mol. The van der Waals surface area contributed by atoms with Gasteiger partial charge in [0, 0.05) is 51.1 Å². The summed E-state index contributed by atoms with van der Waals surface area (Å²) in [6.45, 7) is 4.34. The Morgan fingerprint density at radius 1 is 1.50 bits per heavy atom. The van der Waals surface area contributed by atoms with Crippen LogP contribution in [0.15, 0.2) is 24.5 Å². The second kappa shape index (κ2) is 5.34. The van der Waals surface area contributed by atoms with Crippen molar-refractivity contribution in [2.75, 3.05) is 26.7 Å². The first kappa shape index (κ1) is 12.1. The fourth-order valence-electron chi connectivity index (χ4n) is 3.30. The van der Waals surface area contributed by atoms with Crippen molar-refractivity contribution in [3.63, 3.8) is 0 Å². The minimum atomic E-state index is 0.426. The molecule has 3 rings (SSSR count). The van der Waals surface area contributed by atoms with Crippen LogP contribution in [0.2, 0.25) is 0 Å². The molecule has 1 N–H and O–H groups in total. The average molecular weight is 247 g/mol. The van der Waals surface area contributed by atoms with E-state index in [1.54, 1.807) is 0 Å². The molecule has 0 spiro atoms. The molecule has 3 atom stereocenters. The number of fused-ring (bicyclic) bond motifs is 1. The molecule has 0 saturated carbocycles. The van der Waals surface area contributed by atoms with Gasteiger partial charge in [0.25, 0.3) is 0 Å². The molecule has 1 aromatic heterocycles. The maximum atomic E-state index is 5.62. The highest BCUT2D eigenvalue weighted by molar-refractivity contribution is 5.09. The predicted octanol–water partition coefficient (Wildman–Crippen LogP) is 0.890. The molecular weight excluding hydrogens is 226 g/mol. The largest absolute Gasteiger partial charge is 0.381 e. The summed E-state index contributed by atoms with van der Waals surface area (Å²) in [6, 6.07) is 4.76. The lowest BCUT2D eigenvalue weighted by Crippen LogP contribution is -2.48. The van der Waals surface area contributed by atoms with Crippen molar-refractivity contribution in [2.24, 2.45) is 5.92 Å². The molecule has 0 aliphatic carbocycles. The topological polar surface area (TPSA) is 37.4 Å². The van der Waals surface area contributed by atoms with E-state index >= 15 is 0 Å². The molecule has 98 valence electrons. The van der Waals surface area contributed by atoms with Crippen LogP contribution in [0.1, 0.15) is 12.0 Å². The number of nitrogens with one attached hydrogen (secondary N) is 1.